The second kappa shape index (κ2) is 4.18. The summed E-state index contributed by atoms with van der Waals surface area (Å²) in [5.41, 5.74) is 7.30. The smallest absolute Gasteiger partial charge is 0.322 e. The predicted octanol–water partition coefficient (Wildman–Crippen LogP) is 1.98. The van der Waals surface area contributed by atoms with Gasteiger partial charge in [-0.2, -0.15) is 0 Å². The van der Waals surface area contributed by atoms with Crippen molar-refractivity contribution in [1.82, 2.24) is 4.72 Å². The number of amides is 2. The Morgan fingerprint density at radius 1 is 1.31 bits per heavy atom. The van der Waals surface area contributed by atoms with Crippen molar-refractivity contribution in [2.45, 2.75) is 18.7 Å². The molecule has 0 heterocycles. The van der Waals surface area contributed by atoms with E-state index in [0.29, 0.717) is 0 Å². The molecule has 1 rings (SSSR count). The van der Waals surface area contributed by atoms with Crippen molar-refractivity contribution in [2.75, 3.05) is 0 Å². The molecule has 1 aromatic rings. The fraction of sp³-hybridized carbons (Fsp3) is 0.222. The monoisotopic (exact) mass is 196 g/mol. The van der Waals surface area contributed by atoms with E-state index in [1.165, 1.54) is 23.1 Å². The molecule has 3 N–H and O–H groups in total. The molecule has 0 bridgehead atoms. The maximum absolute atomic E-state index is 10.4. The number of carbonyl (C=O) groups excluding carboxylic acids is 1. The lowest BCUT2D eigenvalue weighted by Crippen LogP contribution is -2.22. The van der Waals surface area contributed by atoms with Gasteiger partial charge in [0.25, 0.3) is 0 Å². The van der Waals surface area contributed by atoms with Crippen LogP contribution in [0.5, 0.6) is 0 Å². The summed E-state index contributed by atoms with van der Waals surface area (Å²) in [6.07, 6.45) is 0. The summed E-state index contributed by atoms with van der Waals surface area (Å²) in [6, 6.07) is 5.54. The number of hydrogen-bond donors (Lipinski definition) is 2. The van der Waals surface area contributed by atoms with Gasteiger partial charge in [0.1, 0.15) is 0 Å². The molecule has 0 fully saturated rings. The number of hydrogen-bond acceptors (Lipinski definition) is 2. The zero-order valence-corrected chi connectivity index (χ0v) is 8.44. The van der Waals surface area contributed by atoms with Crippen LogP contribution >= 0.6 is 11.9 Å². The molecule has 4 heteroatoms. The Balaban J connectivity index is 2.71. The van der Waals surface area contributed by atoms with E-state index in [1.54, 1.807) is 0 Å². The summed E-state index contributed by atoms with van der Waals surface area (Å²) >= 11 is 1.23. The first kappa shape index (κ1) is 9.92. The third-order valence-corrected chi connectivity index (χ3v) is 2.24. The minimum atomic E-state index is -0.524. The fourth-order valence-corrected chi connectivity index (χ4v) is 1.81. The molecule has 0 aromatic heterocycles. The van der Waals surface area contributed by atoms with Crippen LogP contribution in [-0.2, 0) is 0 Å². The predicted molar refractivity (Wildman–Crippen MR) is 54.5 cm³/mol. The van der Waals surface area contributed by atoms with Crippen LogP contribution < -0.4 is 10.5 Å². The molecule has 3 nitrogen and oxygen atoms in total. The average molecular weight is 196 g/mol. The summed E-state index contributed by atoms with van der Waals surface area (Å²) in [5, 5.41) is 0. The minimum absolute atomic E-state index is 0.524. The van der Waals surface area contributed by atoms with Crippen molar-refractivity contribution in [2.24, 2.45) is 5.73 Å². The summed E-state index contributed by atoms with van der Waals surface area (Å²) in [4.78, 5) is 11.4. The molecular formula is C9H12N2OS. The third kappa shape index (κ3) is 3.38. The zero-order valence-electron chi connectivity index (χ0n) is 7.63. The number of nitrogens with two attached hydrogens (primary N) is 1. The van der Waals surface area contributed by atoms with Crippen LogP contribution in [0.25, 0.3) is 0 Å². The molecule has 0 radical (unpaired) electrons. The van der Waals surface area contributed by atoms with Gasteiger partial charge >= 0.3 is 6.03 Å². The number of urea groups is 1. The van der Waals surface area contributed by atoms with E-state index in [2.05, 4.69) is 10.8 Å². The van der Waals surface area contributed by atoms with Crippen molar-refractivity contribution < 1.29 is 4.79 Å². The Hall–Kier alpha value is -1.16. The first-order valence-corrected chi connectivity index (χ1v) is 4.70. The normalized spacial score (nSPS) is 9.69. The van der Waals surface area contributed by atoms with Gasteiger partial charge in [-0.1, -0.05) is 6.07 Å². The number of carbonyl (C=O) groups is 1. The molecule has 0 saturated carbocycles. The quantitative estimate of drug-likeness (QED) is 0.711. The van der Waals surface area contributed by atoms with E-state index in [4.69, 9.17) is 5.73 Å². The number of rotatable bonds is 2. The maximum atomic E-state index is 10.4. The first-order valence-electron chi connectivity index (χ1n) is 3.88. The number of primary amides is 1. The van der Waals surface area contributed by atoms with Crippen LogP contribution in [-0.4, -0.2) is 6.03 Å². The van der Waals surface area contributed by atoms with Crippen molar-refractivity contribution in [1.29, 1.82) is 0 Å². The van der Waals surface area contributed by atoms with Gasteiger partial charge in [0.2, 0.25) is 0 Å². The minimum Gasteiger partial charge on any atom is -0.351 e. The molecule has 0 aliphatic heterocycles. The van der Waals surface area contributed by atoms with Gasteiger partial charge in [-0.25, -0.2) is 4.79 Å². The van der Waals surface area contributed by atoms with Gasteiger partial charge in [0, 0.05) is 4.90 Å². The van der Waals surface area contributed by atoms with E-state index in [-0.39, 0.29) is 0 Å². The van der Waals surface area contributed by atoms with Crippen molar-refractivity contribution in [3.05, 3.63) is 29.3 Å². The molecular weight excluding hydrogens is 184 g/mol. The Bertz CT molecular complexity index is 305. The van der Waals surface area contributed by atoms with E-state index < -0.39 is 6.03 Å². The molecule has 0 spiro atoms. The van der Waals surface area contributed by atoms with Crippen LogP contribution in [0.15, 0.2) is 23.1 Å². The standard InChI is InChI=1S/C9H12N2OS/c1-6-3-7(2)5-8(4-6)13-11-9(10)12/h3-5H,1-2H3,(H3,10,11,12). The number of nitrogens with one attached hydrogen (secondary N) is 1. The molecule has 2 amide bonds. The zero-order chi connectivity index (χ0) is 9.84. The van der Waals surface area contributed by atoms with Gasteiger partial charge in [-0.15, -0.1) is 0 Å². The Kier molecular flexibility index (Phi) is 3.19. The lowest BCUT2D eigenvalue weighted by atomic mass is 10.2. The maximum Gasteiger partial charge on any atom is 0.322 e. The van der Waals surface area contributed by atoms with Gasteiger partial charge in [-0.3, -0.25) is 4.72 Å². The summed E-state index contributed by atoms with van der Waals surface area (Å²) < 4.78 is 2.47. The van der Waals surface area contributed by atoms with E-state index >= 15 is 0 Å². The van der Waals surface area contributed by atoms with E-state index in [0.717, 1.165) is 4.90 Å². The molecule has 1 aromatic carbocycles. The third-order valence-electron chi connectivity index (χ3n) is 1.46. The summed E-state index contributed by atoms with van der Waals surface area (Å²) in [5.74, 6) is 0. The average Bonchev–Trinajstić information content (AvgIpc) is 1.99. The topological polar surface area (TPSA) is 55.1 Å². The van der Waals surface area contributed by atoms with E-state index in [1.807, 2.05) is 26.0 Å². The molecule has 13 heavy (non-hydrogen) atoms. The second-order valence-corrected chi connectivity index (χ2v) is 3.77. The summed E-state index contributed by atoms with van der Waals surface area (Å²) in [7, 11) is 0. The Labute approximate surface area is 81.8 Å². The van der Waals surface area contributed by atoms with Crippen molar-refractivity contribution in [3.63, 3.8) is 0 Å². The highest BCUT2D eigenvalue weighted by atomic mass is 32.2. The summed E-state index contributed by atoms with van der Waals surface area (Å²) in [6.45, 7) is 4.03. The number of benzene rings is 1. The number of aryl methyl sites for hydroxylation is 2. The highest BCUT2D eigenvalue weighted by Crippen LogP contribution is 2.17. The van der Waals surface area contributed by atoms with Crippen molar-refractivity contribution >= 4 is 18.0 Å². The van der Waals surface area contributed by atoms with Gasteiger partial charge in [-0.05, 0) is 49.1 Å². The highest BCUT2D eigenvalue weighted by molar-refractivity contribution is 7.98. The van der Waals surface area contributed by atoms with Crippen LogP contribution in [0.4, 0.5) is 4.79 Å². The fourth-order valence-electron chi connectivity index (χ4n) is 1.10. The van der Waals surface area contributed by atoms with Crippen LogP contribution in [0.2, 0.25) is 0 Å². The molecule has 0 atom stereocenters. The lowest BCUT2D eigenvalue weighted by molar-refractivity contribution is 0.254. The lowest BCUT2D eigenvalue weighted by Gasteiger charge is -2.03. The van der Waals surface area contributed by atoms with E-state index in [9.17, 15) is 4.79 Å². The Morgan fingerprint density at radius 2 is 1.85 bits per heavy atom. The molecule has 0 unspecified atom stereocenters. The molecule has 70 valence electrons. The molecule has 0 saturated heterocycles. The van der Waals surface area contributed by atoms with Gasteiger partial charge in [0.05, 0.1) is 0 Å². The largest absolute Gasteiger partial charge is 0.351 e. The second-order valence-electron chi connectivity index (χ2n) is 2.89. The van der Waals surface area contributed by atoms with Crippen LogP contribution in [0, 0.1) is 13.8 Å². The van der Waals surface area contributed by atoms with Gasteiger partial charge < -0.3 is 5.73 Å². The molecule has 0 aliphatic carbocycles. The Morgan fingerprint density at radius 3 is 2.31 bits per heavy atom. The van der Waals surface area contributed by atoms with Crippen LogP contribution in [0.3, 0.4) is 0 Å². The van der Waals surface area contributed by atoms with Crippen LogP contribution in [0.1, 0.15) is 11.1 Å². The first-order chi connectivity index (χ1) is 6.08. The molecule has 0 aliphatic rings. The van der Waals surface area contributed by atoms with Crippen molar-refractivity contribution in [3.8, 4) is 0 Å². The SMILES string of the molecule is Cc1cc(C)cc(SNC(N)=O)c1. The highest BCUT2D eigenvalue weighted by Gasteiger charge is 1.97. The van der Waals surface area contributed by atoms with Gasteiger partial charge in [0.15, 0.2) is 0 Å².